The molecule has 0 aromatic heterocycles. The van der Waals surface area contributed by atoms with Crippen LogP contribution >= 0.6 is 7.44 Å². The standard InChI is InChI=1S/C17H32BN2O2P.Li/c1-21-13-15-7-5-11-19(15)23(18,17-9-3-4-10-17)20-12-6-8-16(20)14-22-2;/h9,15-17H,3-8,10-14H2,1-2H3;/q;+1/t15-,16-,17?;/m0./s1. The van der Waals surface area contributed by atoms with Crippen molar-refractivity contribution in [1.82, 2.24) is 9.34 Å². The van der Waals surface area contributed by atoms with Crippen LogP contribution in [0.1, 0.15) is 44.9 Å². The van der Waals surface area contributed by atoms with Gasteiger partial charge in [0.05, 0.1) is 32.7 Å². The van der Waals surface area contributed by atoms with Crippen LogP contribution in [0.25, 0.3) is 0 Å². The molecule has 130 valence electrons. The second kappa shape index (κ2) is 9.75. The van der Waals surface area contributed by atoms with E-state index in [4.69, 9.17) is 17.0 Å². The summed E-state index contributed by atoms with van der Waals surface area (Å²) in [7, 11) is 9.18. The molecule has 1 aliphatic carbocycles. The van der Waals surface area contributed by atoms with Crippen molar-refractivity contribution in [3.8, 4) is 0 Å². The third kappa shape index (κ3) is 4.09. The molecule has 0 amide bonds. The summed E-state index contributed by atoms with van der Waals surface area (Å²) in [5.74, 6) is 0. The Hall–Kier alpha value is 0.932. The summed E-state index contributed by atoms with van der Waals surface area (Å²) in [6.07, 6.45) is 11.3. The minimum atomic E-state index is -1.83. The molecule has 0 spiro atoms. The van der Waals surface area contributed by atoms with E-state index in [-0.39, 0.29) is 18.9 Å². The number of ether oxygens (including phenoxy) is 2. The molecule has 1 unspecified atom stereocenters. The molecule has 0 aromatic carbocycles. The number of rotatable bonds is 7. The van der Waals surface area contributed by atoms with E-state index in [9.17, 15) is 0 Å². The summed E-state index contributed by atoms with van der Waals surface area (Å²) >= 11 is 0. The molecule has 3 fully saturated rings. The van der Waals surface area contributed by atoms with Crippen LogP contribution in [0.3, 0.4) is 0 Å². The molecule has 2 saturated heterocycles. The van der Waals surface area contributed by atoms with Gasteiger partial charge in [-0.25, -0.2) is 0 Å². The first kappa shape index (κ1) is 21.2. The minimum Gasteiger partial charge on any atom is -0.383 e. The van der Waals surface area contributed by atoms with E-state index in [1.54, 1.807) is 0 Å². The van der Waals surface area contributed by atoms with Gasteiger partial charge in [-0.1, -0.05) is 6.42 Å². The molecular weight excluding hydrogens is 313 g/mol. The van der Waals surface area contributed by atoms with Crippen molar-refractivity contribution in [1.29, 1.82) is 0 Å². The molecule has 1 saturated carbocycles. The van der Waals surface area contributed by atoms with Crippen LogP contribution in [0, 0.1) is 6.42 Å². The van der Waals surface area contributed by atoms with Crippen molar-refractivity contribution in [2.24, 2.45) is 0 Å². The van der Waals surface area contributed by atoms with E-state index in [0.717, 1.165) is 26.3 Å². The van der Waals surface area contributed by atoms with Gasteiger partial charge in [-0.3, -0.25) is 6.42 Å². The van der Waals surface area contributed by atoms with Crippen molar-refractivity contribution in [3.05, 3.63) is 6.42 Å². The van der Waals surface area contributed by atoms with Crippen LogP contribution in [0.2, 0.25) is 0 Å². The van der Waals surface area contributed by atoms with Gasteiger partial charge in [-0.2, -0.15) is 15.8 Å². The SMILES string of the molecule is [B][P+](C1[CH-]CCC1)(N1CCC[C@H]1COC)N1CCC[C@H]1COC.[Li+]. The second-order valence-electron chi connectivity index (χ2n) is 7.26. The maximum absolute atomic E-state index is 7.38. The Balaban J connectivity index is 0.00000208. The van der Waals surface area contributed by atoms with E-state index in [2.05, 4.69) is 15.8 Å². The first-order valence-electron chi connectivity index (χ1n) is 9.24. The summed E-state index contributed by atoms with van der Waals surface area (Å²) in [4.78, 5) is 0. The van der Waals surface area contributed by atoms with Gasteiger partial charge in [-0.15, -0.1) is 0 Å². The Labute approximate surface area is 162 Å². The predicted octanol–water partition coefficient (Wildman–Crippen LogP) is -0.100. The van der Waals surface area contributed by atoms with Gasteiger partial charge >= 0.3 is 26.4 Å². The van der Waals surface area contributed by atoms with E-state index >= 15 is 0 Å². The minimum absolute atomic E-state index is 0. The second-order valence-corrected chi connectivity index (χ2v) is 10.4. The maximum atomic E-state index is 7.38. The molecule has 2 heterocycles. The fraction of sp³-hybridized carbons (Fsp3) is 0.941. The van der Waals surface area contributed by atoms with Gasteiger partial charge in [-0.05, 0) is 37.8 Å². The van der Waals surface area contributed by atoms with Crippen LogP contribution in [0.4, 0.5) is 0 Å². The third-order valence-corrected chi connectivity index (χ3v) is 10.0. The van der Waals surface area contributed by atoms with Crippen molar-refractivity contribution in [2.75, 3.05) is 40.5 Å². The predicted molar refractivity (Wildman–Crippen MR) is 97.8 cm³/mol. The Kier molecular flexibility index (Phi) is 8.62. The molecule has 2 aliphatic heterocycles. The fourth-order valence-corrected chi connectivity index (χ4v) is 9.25. The summed E-state index contributed by atoms with van der Waals surface area (Å²) in [5.41, 5.74) is 0.567. The topological polar surface area (TPSA) is 24.9 Å². The van der Waals surface area contributed by atoms with Crippen LogP contribution in [-0.4, -0.2) is 75.2 Å². The number of hydrogen-bond donors (Lipinski definition) is 0. The average molecular weight is 345 g/mol. The zero-order chi connectivity index (χ0) is 16.3. The van der Waals surface area contributed by atoms with Gasteiger partial charge < -0.3 is 9.47 Å². The van der Waals surface area contributed by atoms with Gasteiger partial charge in [0.25, 0.3) is 0 Å². The number of hydrogen-bond acceptors (Lipinski definition) is 4. The molecule has 3 atom stereocenters. The van der Waals surface area contributed by atoms with Crippen molar-refractivity contribution in [2.45, 2.75) is 62.7 Å². The smallest absolute Gasteiger partial charge is 0.383 e. The number of nitrogens with zero attached hydrogens (tertiary/aromatic N) is 2. The molecule has 3 rings (SSSR count). The zero-order valence-corrected chi connectivity index (χ0v) is 16.7. The molecule has 4 nitrogen and oxygen atoms in total. The molecule has 7 heteroatoms. The molecular formula is C17H32BLiN2O2P+. The Morgan fingerprint density at radius 2 is 1.50 bits per heavy atom. The fourth-order valence-electron chi connectivity index (χ4n) is 4.84. The van der Waals surface area contributed by atoms with E-state index in [0.29, 0.717) is 17.7 Å². The van der Waals surface area contributed by atoms with Crippen molar-refractivity contribution >= 4 is 15.0 Å². The van der Waals surface area contributed by atoms with E-state index < -0.39 is 7.44 Å². The van der Waals surface area contributed by atoms with Crippen molar-refractivity contribution < 1.29 is 28.3 Å². The monoisotopic (exact) mass is 345 g/mol. The first-order valence-corrected chi connectivity index (χ1v) is 11.1. The zero-order valence-electron chi connectivity index (χ0n) is 15.8. The number of methoxy groups -OCH3 is 2. The molecule has 2 radical (unpaired) electrons. The largest absolute Gasteiger partial charge is 1.00 e. The first-order chi connectivity index (χ1) is 11.2. The molecule has 0 N–H and O–H groups in total. The summed E-state index contributed by atoms with van der Waals surface area (Å²) in [6, 6.07) is 0.993. The molecule has 24 heavy (non-hydrogen) atoms. The van der Waals surface area contributed by atoms with Gasteiger partial charge in [0.2, 0.25) is 0 Å². The van der Waals surface area contributed by atoms with Crippen LogP contribution in [-0.2, 0) is 9.47 Å². The summed E-state index contributed by atoms with van der Waals surface area (Å²) in [5, 5.41) is 0. The maximum Gasteiger partial charge on any atom is 1.00 e. The van der Waals surface area contributed by atoms with Gasteiger partial charge in [0.1, 0.15) is 0 Å². The van der Waals surface area contributed by atoms with Crippen LogP contribution in [0.5, 0.6) is 0 Å². The Morgan fingerprint density at radius 3 is 1.92 bits per heavy atom. The quantitative estimate of drug-likeness (QED) is 0.366. The van der Waals surface area contributed by atoms with E-state index in [1.807, 2.05) is 14.2 Å². The van der Waals surface area contributed by atoms with Crippen molar-refractivity contribution in [3.63, 3.8) is 0 Å². The van der Waals surface area contributed by atoms with E-state index in [1.165, 1.54) is 44.9 Å². The average Bonchev–Trinajstić information content (AvgIpc) is 3.29. The summed E-state index contributed by atoms with van der Waals surface area (Å²) < 4.78 is 16.4. The van der Waals surface area contributed by atoms with Crippen LogP contribution in [0.15, 0.2) is 0 Å². The Morgan fingerprint density at radius 1 is 0.958 bits per heavy atom. The normalized spacial score (nSPS) is 32.3. The van der Waals surface area contributed by atoms with Gasteiger partial charge in [0, 0.05) is 27.3 Å². The molecule has 3 aliphatic rings. The molecule has 0 aromatic rings. The molecule has 0 bridgehead atoms. The van der Waals surface area contributed by atoms with Crippen LogP contribution < -0.4 is 18.9 Å². The van der Waals surface area contributed by atoms with Gasteiger partial charge in [0.15, 0.2) is 0 Å². The summed E-state index contributed by atoms with van der Waals surface area (Å²) in [6.45, 7) is 3.90. The third-order valence-electron chi connectivity index (χ3n) is 5.86. The Bertz CT molecular complexity index is 364.